The third kappa shape index (κ3) is 6.96. The minimum atomic E-state index is -1.30. The van der Waals surface area contributed by atoms with Crippen molar-refractivity contribution in [1.82, 2.24) is 36.6 Å². The molecule has 37 heavy (non-hydrogen) atoms. The van der Waals surface area contributed by atoms with E-state index >= 15 is 0 Å². The number of H-pyrrole nitrogens is 1. The molecule has 0 bridgehead atoms. The third-order valence-electron chi connectivity index (χ3n) is 5.94. The second-order valence-electron chi connectivity index (χ2n) is 8.42. The summed E-state index contributed by atoms with van der Waals surface area (Å²) in [5.41, 5.74) is 1.36. The Labute approximate surface area is 211 Å². The first-order chi connectivity index (χ1) is 17.7. The van der Waals surface area contributed by atoms with E-state index in [1.54, 1.807) is 25.1 Å². The maximum atomic E-state index is 13.2. The molecule has 3 atom stereocenters. The fourth-order valence-corrected chi connectivity index (χ4v) is 3.85. The number of aromatic nitrogens is 4. The van der Waals surface area contributed by atoms with Gasteiger partial charge in [-0.3, -0.25) is 24.1 Å². The van der Waals surface area contributed by atoms with Gasteiger partial charge in [0.15, 0.2) is 5.82 Å². The topological polar surface area (TPSA) is 199 Å². The lowest BCUT2D eigenvalue weighted by Gasteiger charge is -2.26. The molecule has 14 heteroatoms. The highest BCUT2D eigenvalue weighted by Crippen LogP contribution is 2.32. The van der Waals surface area contributed by atoms with Crippen LogP contribution < -0.4 is 20.9 Å². The number of aliphatic carboxylic acids is 1. The number of hydrogen-bond donors (Lipinski definition) is 5. The fraction of sp³-hybridized carbons (Fsp3) is 0.391. The minimum absolute atomic E-state index is 0.0214. The molecule has 0 saturated heterocycles. The number of nitrogens with one attached hydrogen (secondary N) is 4. The molecular formula is C23H28N8O6. The zero-order valence-electron chi connectivity index (χ0n) is 20.3. The predicted molar refractivity (Wildman–Crippen MR) is 129 cm³/mol. The van der Waals surface area contributed by atoms with Gasteiger partial charge < -0.3 is 21.1 Å². The van der Waals surface area contributed by atoms with E-state index in [-0.39, 0.29) is 24.7 Å². The zero-order chi connectivity index (χ0) is 26.9. The van der Waals surface area contributed by atoms with Gasteiger partial charge >= 0.3 is 5.97 Å². The predicted octanol–water partition coefficient (Wildman–Crippen LogP) is -0.938. The Morgan fingerprint density at radius 3 is 2.62 bits per heavy atom. The molecular weight excluding hydrogens is 484 g/mol. The van der Waals surface area contributed by atoms with Crippen LogP contribution in [0, 0.1) is 5.92 Å². The van der Waals surface area contributed by atoms with Crippen molar-refractivity contribution in [1.29, 1.82) is 0 Å². The third-order valence-corrected chi connectivity index (χ3v) is 5.94. The summed E-state index contributed by atoms with van der Waals surface area (Å²) in [5, 5.41) is 29.7. The Hall–Kier alpha value is -4.62. The van der Waals surface area contributed by atoms with E-state index in [0.29, 0.717) is 18.2 Å². The Balaban J connectivity index is 1.69. The maximum absolute atomic E-state index is 13.2. The average molecular weight is 513 g/mol. The summed E-state index contributed by atoms with van der Waals surface area (Å²) in [6.07, 6.45) is 2.31. The number of hydrogen-bond acceptors (Lipinski definition) is 8. The van der Waals surface area contributed by atoms with Crippen molar-refractivity contribution in [2.75, 3.05) is 11.4 Å². The van der Waals surface area contributed by atoms with E-state index in [1.807, 2.05) is 13.0 Å². The molecule has 0 radical (unpaired) electrons. The molecule has 0 fully saturated rings. The molecule has 2 unspecified atom stereocenters. The largest absolute Gasteiger partial charge is 0.478 e. The van der Waals surface area contributed by atoms with Crippen LogP contribution in [-0.2, 0) is 36.9 Å². The molecule has 1 aromatic carbocycles. The van der Waals surface area contributed by atoms with Crippen molar-refractivity contribution < 1.29 is 29.1 Å². The molecule has 14 nitrogen and oxygen atoms in total. The van der Waals surface area contributed by atoms with Crippen LogP contribution in [-0.4, -0.2) is 74.0 Å². The first-order valence-electron chi connectivity index (χ1n) is 11.6. The molecule has 1 aliphatic rings. The molecule has 0 aliphatic carbocycles. The van der Waals surface area contributed by atoms with Crippen LogP contribution in [0.15, 0.2) is 36.4 Å². The summed E-state index contributed by atoms with van der Waals surface area (Å²) in [7, 11) is 0. The van der Waals surface area contributed by atoms with E-state index < -0.39 is 48.2 Å². The summed E-state index contributed by atoms with van der Waals surface area (Å²) in [6, 6.07) is 5.25. The highest BCUT2D eigenvalue weighted by molar-refractivity contribution is 6.05. The number of carboxylic acid groups (broad SMARTS) is 1. The highest BCUT2D eigenvalue weighted by Gasteiger charge is 2.38. The number of anilines is 1. The maximum Gasteiger partial charge on any atom is 0.328 e. The number of tetrazole rings is 1. The molecule has 0 spiro atoms. The molecule has 0 saturated carbocycles. The Kier molecular flexibility index (Phi) is 9.02. The summed E-state index contributed by atoms with van der Waals surface area (Å²) in [6.45, 7) is 3.17. The van der Waals surface area contributed by atoms with E-state index in [1.165, 1.54) is 4.90 Å². The first kappa shape index (κ1) is 27.0. The number of para-hydroxylation sites is 1. The Morgan fingerprint density at radius 1 is 1.19 bits per heavy atom. The molecule has 5 N–H and O–H groups in total. The number of benzene rings is 1. The van der Waals surface area contributed by atoms with Crippen LogP contribution in [0.4, 0.5) is 5.69 Å². The van der Waals surface area contributed by atoms with Crippen molar-refractivity contribution in [3.8, 4) is 0 Å². The quantitative estimate of drug-likeness (QED) is 0.236. The number of carbonyl (C=O) groups is 5. The van der Waals surface area contributed by atoms with E-state index in [2.05, 4.69) is 36.6 Å². The molecule has 1 aromatic heterocycles. The van der Waals surface area contributed by atoms with Crippen molar-refractivity contribution in [2.45, 2.75) is 45.3 Å². The van der Waals surface area contributed by atoms with E-state index in [4.69, 9.17) is 5.11 Å². The summed E-state index contributed by atoms with van der Waals surface area (Å²) >= 11 is 0. The standard InChI is InChI=1S/C23H28N8O6/c1-3-13(2)21(26-18(32)8-9-20(34)35)23(37)25-12-19(33)31-15-7-5-4-6-14(15)10-16(31)22(36)24-11-17-27-29-30-28-17/h4-9,13,16,21H,3,10-12H2,1-2H3,(H,24,36)(H,25,37)(H,26,32)(H,34,35)(H,27,28,29,30)/b9-8-/t13?,16-,21?/m0/s1. The van der Waals surface area contributed by atoms with Crippen LogP contribution in [0.3, 0.4) is 0 Å². The van der Waals surface area contributed by atoms with Crippen molar-refractivity contribution in [2.24, 2.45) is 5.92 Å². The van der Waals surface area contributed by atoms with Gasteiger partial charge in [-0.25, -0.2) is 4.79 Å². The number of rotatable bonds is 11. The number of amides is 4. The van der Waals surface area contributed by atoms with Crippen LogP contribution in [0.25, 0.3) is 0 Å². The second kappa shape index (κ2) is 12.4. The van der Waals surface area contributed by atoms with Crippen LogP contribution in [0.2, 0.25) is 0 Å². The first-order valence-corrected chi connectivity index (χ1v) is 11.6. The van der Waals surface area contributed by atoms with Crippen molar-refractivity contribution >= 4 is 35.3 Å². The smallest absolute Gasteiger partial charge is 0.328 e. The van der Waals surface area contributed by atoms with Gasteiger partial charge in [0.05, 0.1) is 13.1 Å². The van der Waals surface area contributed by atoms with Gasteiger partial charge in [-0.15, -0.1) is 10.2 Å². The lowest BCUT2D eigenvalue weighted by molar-refractivity contribution is -0.132. The SMILES string of the molecule is CCC(C)C(NC(=O)/C=C\C(=O)O)C(=O)NCC(=O)N1c2ccccc2C[C@H]1C(=O)NCc1nn[nH]n1. The summed E-state index contributed by atoms with van der Waals surface area (Å²) < 4.78 is 0. The minimum Gasteiger partial charge on any atom is -0.478 e. The number of carbonyl (C=O) groups excluding carboxylic acids is 4. The van der Waals surface area contributed by atoms with Gasteiger partial charge in [0.25, 0.3) is 0 Å². The molecule has 3 rings (SSSR count). The lowest BCUT2D eigenvalue weighted by Crippen LogP contribution is -2.54. The number of carboxylic acids is 1. The van der Waals surface area contributed by atoms with Gasteiger partial charge in [-0.05, 0) is 17.5 Å². The van der Waals surface area contributed by atoms with Gasteiger partial charge in [0, 0.05) is 24.3 Å². The van der Waals surface area contributed by atoms with Gasteiger partial charge in [0.2, 0.25) is 23.6 Å². The molecule has 2 aromatic rings. The van der Waals surface area contributed by atoms with E-state index in [0.717, 1.165) is 11.6 Å². The van der Waals surface area contributed by atoms with Crippen molar-refractivity contribution in [3.05, 3.63) is 47.8 Å². The van der Waals surface area contributed by atoms with Crippen LogP contribution >= 0.6 is 0 Å². The Bertz CT molecular complexity index is 1180. The normalized spacial score (nSPS) is 16.1. The summed E-state index contributed by atoms with van der Waals surface area (Å²) in [5.74, 6) is -3.61. The monoisotopic (exact) mass is 512 g/mol. The number of nitrogens with zero attached hydrogens (tertiary/aromatic N) is 4. The number of fused-ring (bicyclic) bond motifs is 1. The van der Waals surface area contributed by atoms with Gasteiger partial charge in [-0.1, -0.05) is 43.7 Å². The fourth-order valence-electron chi connectivity index (χ4n) is 3.85. The highest BCUT2D eigenvalue weighted by atomic mass is 16.4. The second-order valence-corrected chi connectivity index (χ2v) is 8.42. The van der Waals surface area contributed by atoms with Crippen LogP contribution in [0.1, 0.15) is 31.7 Å². The van der Waals surface area contributed by atoms with E-state index in [9.17, 15) is 24.0 Å². The zero-order valence-corrected chi connectivity index (χ0v) is 20.3. The molecule has 1 aliphatic heterocycles. The molecule has 2 heterocycles. The van der Waals surface area contributed by atoms with Gasteiger partial charge in [-0.2, -0.15) is 5.21 Å². The number of aromatic amines is 1. The Morgan fingerprint density at radius 2 is 1.95 bits per heavy atom. The average Bonchev–Trinajstić information content (AvgIpc) is 3.55. The lowest BCUT2D eigenvalue weighted by atomic mass is 9.98. The summed E-state index contributed by atoms with van der Waals surface area (Å²) in [4.78, 5) is 63.1. The molecule has 196 valence electrons. The van der Waals surface area contributed by atoms with Crippen molar-refractivity contribution in [3.63, 3.8) is 0 Å². The molecule has 4 amide bonds. The van der Waals surface area contributed by atoms with Gasteiger partial charge in [0.1, 0.15) is 12.1 Å². The van der Waals surface area contributed by atoms with Crippen LogP contribution in [0.5, 0.6) is 0 Å².